The summed E-state index contributed by atoms with van der Waals surface area (Å²) in [6, 6.07) is 17.3. The zero-order chi connectivity index (χ0) is 20.4. The molecule has 1 aromatic heterocycles. The van der Waals surface area contributed by atoms with Crippen molar-refractivity contribution in [2.75, 3.05) is 13.1 Å². The highest BCUT2D eigenvalue weighted by molar-refractivity contribution is 5.92. The van der Waals surface area contributed by atoms with Crippen LogP contribution in [0.3, 0.4) is 0 Å². The van der Waals surface area contributed by atoms with E-state index in [0.717, 1.165) is 18.4 Å². The number of benzene rings is 2. The highest BCUT2D eigenvalue weighted by Gasteiger charge is 2.27. The molecular formula is C22H21N3O4. The van der Waals surface area contributed by atoms with Gasteiger partial charge in [-0.1, -0.05) is 30.3 Å². The van der Waals surface area contributed by atoms with Crippen molar-refractivity contribution in [3.05, 3.63) is 87.8 Å². The maximum atomic E-state index is 13.0. The fourth-order valence-corrected chi connectivity index (χ4v) is 3.78. The number of nitrogens with zero attached hydrogens (tertiary/aromatic N) is 2. The first kappa shape index (κ1) is 18.7. The largest absolute Gasteiger partial charge is 0.478 e. The fraction of sp³-hybridized carbons (Fsp3) is 0.227. The molecule has 7 heteroatoms. The van der Waals surface area contributed by atoms with Gasteiger partial charge in [0.15, 0.2) is 0 Å². The fourth-order valence-electron chi connectivity index (χ4n) is 3.78. The number of H-pyrrole nitrogens is 1. The first-order valence-corrected chi connectivity index (χ1v) is 9.53. The molecule has 1 aliphatic heterocycles. The molecule has 2 heterocycles. The zero-order valence-electron chi connectivity index (χ0n) is 15.7. The molecule has 2 aromatic carbocycles. The van der Waals surface area contributed by atoms with Gasteiger partial charge in [-0.25, -0.2) is 9.48 Å². The van der Waals surface area contributed by atoms with Gasteiger partial charge >= 0.3 is 5.97 Å². The van der Waals surface area contributed by atoms with E-state index in [1.54, 1.807) is 29.2 Å². The van der Waals surface area contributed by atoms with E-state index in [0.29, 0.717) is 18.8 Å². The van der Waals surface area contributed by atoms with E-state index in [4.69, 9.17) is 5.11 Å². The molecule has 0 aliphatic carbocycles. The lowest BCUT2D eigenvalue weighted by Crippen LogP contribution is -2.39. The highest BCUT2D eigenvalue weighted by atomic mass is 16.4. The molecule has 1 atom stereocenters. The maximum absolute atomic E-state index is 13.0. The Labute approximate surface area is 167 Å². The number of aromatic carboxylic acids is 1. The second-order valence-electron chi connectivity index (χ2n) is 7.20. The number of aromatic nitrogens is 2. The van der Waals surface area contributed by atoms with Crippen LogP contribution in [-0.4, -0.2) is 44.8 Å². The van der Waals surface area contributed by atoms with Gasteiger partial charge in [-0.15, -0.1) is 0 Å². The molecule has 0 unspecified atom stereocenters. The van der Waals surface area contributed by atoms with Gasteiger partial charge < -0.3 is 10.0 Å². The summed E-state index contributed by atoms with van der Waals surface area (Å²) < 4.78 is 1.36. The summed E-state index contributed by atoms with van der Waals surface area (Å²) in [4.78, 5) is 38.1. The van der Waals surface area contributed by atoms with E-state index in [2.05, 4.69) is 5.10 Å². The third-order valence-electron chi connectivity index (χ3n) is 5.30. The van der Waals surface area contributed by atoms with Gasteiger partial charge in [-0.2, -0.15) is 0 Å². The van der Waals surface area contributed by atoms with Crippen molar-refractivity contribution in [3.8, 4) is 5.69 Å². The number of hydrogen-bond acceptors (Lipinski definition) is 3. The van der Waals surface area contributed by atoms with E-state index in [1.807, 2.05) is 30.3 Å². The number of amides is 1. The number of carbonyl (C=O) groups excluding carboxylic acids is 1. The second kappa shape index (κ2) is 7.79. The molecule has 1 aliphatic rings. The second-order valence-corrected chi connectivity index (χ2v) is 7.20. The van der Waals surface area contributed by atoms with Gasteiger partial charge in [-0.3, -0.25) is 14.7 Å². The number of carboxylic acids is 1. The highest BCUT2D eigenvalue weighted by Crippen LogP contribution is 2.28. The Morgan fingerprint density at radius 1 is 1.03 bits per heavy atom. The minimum atomic E-state index is -0.955. The predicted molar refractivity (Wildman–Crippen MR) is 108 cm³/mol. The van der Waals surface area contributed by atoms with Crippen LogP contribution in [0.4, 0.5) is 0 Å². The van der Waals surface area contributed by atoms with E-state index in [1.165, 1.54) is 10.7 Å². The van der Waals surface area contributed by atoms with Gasteiger partial charge in [0.25, 0.3) is 11.5 Å². The van der Waals surface area contributed by atoms with Crippen molar-refractivity contribution in [2.45, 2.75) is 18.8 Å². The van der Waals surface area contributed by atoms with Crippen LogP contribution in [0.25, 0.3) is 5.69 Å². The minimum Gasteiger partial charge on any atom is -0.478 e. The Balaban J connectivity index is 1.52. The lowest BCUT2D eigenvalue weighted by atomic mass is 9.90. The Hall–Kier alpha value is -3.61. The van der Waals surface area contributed by atoms with Crippen molar-refractivity contribution in [1.82, 2.24) is 14.7 Å². The third kappa shape index (κ3) is 3.85. The van der Waals surface area contributed by atoms with Crippen LogP contribution in [-0.2, 0) is 0 Å². The van der Waals surface area contributed by atoms with Crippen molar-refractivity contribution >= 4 is 11.9 Å². The topological polar surface area (TPSA) is 95.4 Å². The summed E-state index contributed by atoms with van der Waals surface area (Å²) in [6.07, 6.45) is 1.78. The number of carbonyl (C=O) groups is 2. The SMILES string of the molecule is O=C(O)c1ccc([C@@H]2CCCN(C(=O)c3cc(=O)n(-c4ccccc4)[nH]3)C2)cc1. The quantitative estimate of drug-likeness (QED) is 0.715. The Morgan fingerprint density at radius 2 is 1.76 bits per heavy atom. The lowest BCUT2D eigenvalue weighted by Gasteiger charge is -2.32. The first-order chi connectivity index (χ1) is 14.0. The van der Waals surface area contributed by atoms with Gasteiger partial charge in [0.1, 0.15) is 5.69 Å². The molecule has 1 amide bonds. The molecule has 1 fully saturated rings. The Bertz CT molecular complexity index is 1080. The average molecular weight is 391 g/mol. The van der Waals surface area contributed by atoms with Crippen molar-refractivity contribution < 1.29 is 14.7 Å². The number of carboxylic acid groups (broad SMARTS) is 1. The number of likely N-dealkylation sites (tertiary alicyclic amines) is 1. The normalized spacial score (nSPS) is 16.6. The van der Waals surface area contributed by atoms with Gasteiger partial charge in [0.2, 0.25) is 0 Å². The molecule has 148 valence electrons. The van der Waals surface area contributed by atoms with Gasteiger partial charge in [0.05, 0.1) is 11.3 Å². The number of nitrogens with one attached hydrogen (secondary N) is 1. The minimum absolute atomic E-state index is 0.137. The van der Waals surface area contributed by atoms with Crippen LogP contribution in [0.5, 0.6) is 0 Å². The standard InChI is InChI=1S/C22H21N3O4/c26-20-13-19(23-25(20)18-6-2-1-3-7-18)21(27)24-12-4-5-17(14-24)15-8-10-16(11-9-15)22(28)29/h1-3,6-11,13,17,23H,4-5,12,14H2,(H,28,29)/t17-/m1/s1. The Morgan fingerprint density at radius 3 is 2.45 bits per heavy atom. The lowest BCUT2D eigenvalue weighted by molar-refractivity contribution is 0.0692. The summed E-state index contributed by atoms with van der Waals surface area (Å²) in [6.45, 7) is 1.16. The molecule has 1 saturated heterocycles. The van der Waals surface area contributed by atoms with Crippen LogP contribution in [0.1, 0.15) is 45.2 Å². The summed E-state index contributed by atoms with van der Waals surface area (Å²) in [7, 11) is 0. The van der Waals surface area contributed by atoms with Crippen molar-refractivity contribution in [2.24, 2.45) is 0 Å². The molecule has 29 heavy (non-hydrogen) atoms. The molecule has 0 spiro atoms. The Kier molecular flexibility index (Phi) is 5.03. The maximum Gasteiger partial charge on any atom is 0.335 e. The molecular weight excluding hydrogens is 370 g/mol. The zero-order valence-corrected chi connectivity index (χ0v) is 15.7. The van der Waals surface area contributed by atoms with E-state index in [-0.39, 0.29) is 28.6 Å². The number of aromatic amines is 1. The van der Waals surface area contributed by atoms with E-state index in [9.17, 15) is 14.4 Å². The molecule has 0 radical (unpaired) electrons. The van der Waals surface area contributed by atoms with Crippen molar-refractivity contribution in [1.29, 1.82) is 0 Å². The molecule has 7 nitrogen and oxygen atoms in total. The molecule has 4 rings (SSSR count). The van der Waals surface area contributed by atoms with Gasteiger partial charge in [-0.05, 0) is 42.7 Å². The number of rotatable bonds is 4. The number of hydrogen-bond donors (Lipinski definition) is 2. The van der Waals surface area contributed by atoms with E-state index < -0.39 is 5.97 Å². The van der Waals surface area contributed by atoms with E-state index >= 15 is 0 Å². The van der Waals surface area contributed by atoms with Gasteiger partial charge in [0, 0.05) is 25.1 Å². The third-order valence-corrected chi connectivity index (χ3v) is 5.30. The predicted octanol–water partition coefficient (Wildman–Crippen LogP) is 2.88. The average Bonchev–Trinajstić information content (AvgIpc) is 3.15. The summed E-state index contributed by atoms with van der Waals surface area (Å²) in [5, 5.41) is 12.0. The monoisotopic (exact) mass is 391 g/mol. The van der Waals surface area contributed by atoms with Crippen LogP contribution in [0.15, 0.2) is 65.5 Å². The van der Waals surface area contributed by atoms with Crippen LogP contribution < -0.4 is 5.56 Å². The number of piperidine rings is 1. The molecule has 2 N–H and O–H groups in total. The smallest absolute Gasteiger partial charge is 0.335 e. The summed E-state index contributed by atoms with van der Waals surface area (Å²) in [5.74, 6) is -1.02. The van der Waals surface area contributed by atoms with Crippen LogP contribution in [0, 0.1) is 0 Å². The molecule has 0 saturated carbocycles. The van der Waals surface area contributed by atoms with Crippen LogP contribution in [0.2, 0.25) is 0 Å². The van der Waals surface area contributed by atoms with Crippen molar-refractivity contribution in [3.63, 3.8) is 0 Å². The van der Waals surface area contributed by atoms with Crippen LogP contribution >= 0.6 is 0 Å². The first-order valence-electron chi connectivity index (χ1n) is 9.53. The number of para-hydroxylation sites is 1. The molecule has 0 bridgehead atoms. The molecule has 3 aromatic rings. The summed E-state index contributed by atoms with van der Waals surface area (Å²) in [5.41, 5.74) is 1.92. The summed E-state index contributed by atoms with van der Waals surface area (Å²) >= 11 is 0.